The minimum absolute atomic E-state index is 0.156. The second kappa shape index (κ2) is 8.49. The van der Waals surface area contributed by atoms with Crippen molar-refractivity contribution in [1.29, 1.82) is 0 Å². The summed E-state index contributed by atoms with van der Waals surface area (Å²) in [4.78, 5) is 42.7. The van der Waals surface area contributed by atoms with Crippen LogP contribution in [0.15, 0.2) is 34.1 Å². The van der Waals surface area contributed by atoms with Gasteiger partial charge < -0.3 is 20.2 Å². The van der Waals surface area contributed by atoms with E-state index in [9.17, 15) is 14.4 Å². The lowest BCUT2D eigenvalue weighted by atomic mass is 10.2. The van der Waals surface area contributed by atoms with Crippen LogP contribution in [0.1, 0.15) is 10.5 Å². The van der Waals surface area contributed by atoms with Gasteiger partial charge in [-0.25, -0.2) is 9.78 Å². The van der Waals surface area contributed by atoms with Crippen LogP contribution in [0.25, 0.3) is 10.6 Å². The van der Waals surface area contributed by atoms with Crippen molar-refractivity contribution in [3.8, 4) is 10.6 Å². The standard InChI is InChI=1S/C17H17BrN4O4S/c18-14-13(20-16(27-14)11-4-2-1-3-5-11)15(24)19-10-12(23)21-6-8-22(9-7-21)17(25)26/h1-5H,6-10H2,(H,19,24)(H,25,26). The lowest BCUT2D eigenvalue weighted by Crippen LogP contribution is -2.52. The molecule has 0 radical (unpaired) electrons. The van der Waals surface area contributed by atoms with Crippen LogP contribution >= 0.6 is 27.3 Å². The average molecular weight is 453 g/mol. The van der Waals surface area contributed by atoms with Crippen LogP contribution < -0.4 is 5.32 Å². The van der Waals surface area contributed by atoms with Gasteiger partial charge in [0.25, 0.3) is 5.91 Å². The molecule has 10 heteroatoms. The monoisotopic (exact) mass is 452 g/mol. The first-order valence-corrected chi connectivity index (χ1v) is 9.82. The molecule has 1 aliphatic heterocycles. The van der Waals surface area contributed by atoms with Crippen molar-refractivity contribution in [3.63, 3.8) is 0 Å². The summed E-state index contributed by atoms with van der Waals surface area (Å²) in [5.74, 6) is -0.680. The molecule has 0 unspecified atom stereocenters. The summed E-state index contributed by atoms with van der Waals surface area (Å²) in [6.07, 6.45) is -0.988. The number of carbonyl (C=O) groups excluding carboxylic acids is 2. The van der Waals surface area contributed by atoms with E-state index in [1.165, 1.54) is 16.2 Å². The third kappa shape index (κ3) is 4.64. The van der Waals surface area contributed by atoms with Crippen molar-refractivity contribution in [1.82, 2.24) is 20.1 Å². The predicted octanol–water partition coefficient (Wildman–Crippen LogP) is 2.12. The molecular formula is C17H17BrN4O4S. The molecule has 0 aliphatic carbocycles. The van der Waals surface area contributed by atoms with Crippen LogP contribution in [0.5, 0.6) is 0 Å². The summed E-state index contributed by atoms with van der Waals surface area (Å²) in [7, 11) is 0. The average Bonchev–Trinajstić information content (AvgIpc) is 3.08. The van der Waals surface area contributed by atoms with Crippen molar-refractivity contribution in [2.45, 2.75) is 0 Å². The number of nitrogens with zero attached hydrogens (tertiary/aromatic N) is 3. The molecule has 3 rings (SSSR count). The molecule has 27 heavy (non-hydrogen) atoms. The molecule has 3 amide bonds. The largest absolute Gasteiger partial charge is 0.465 e. The second-order valence-corrected chi connectivity index (χ2v) is 8.16. The number of halogens is 1. The molecule has 2 N–H and O–H groups in total. The zero-order chi connectivity index (χ0) is 19.4. The minimum Gasteiger partial charge on any atom is -0.465 e. The summed E-state index contributed by atoms with van der Waals surface area (Å²) in [6.45, 7) is 1.02. The number of amides is 3. The molecule has 0 bridgehead atoms. The maximum atomic E-state index is 12.4. The van der Waals surface area contributed by atoms with Crippen LogP contribution in [0.2, 0.25) is 0 Å². The van der Waals surface area contributed by atoms with E-state index in [2.05, 4.69) is 26.2 Å². The molecule has 0 spiro atoms. The quantitative estimate of drug-likeness (QED) is 0.739. The van der Waals surface area contributed by atoms with Gasteiger partial charge in [-0.2, -0.15) is 0 Å². The Bertz CT molecular complexity index is 850. The predicted molar refractivity (Wildman–Crippen MR) is 104 cm³/mol. The normalized spacial score (nSPS) is 14.1. The van der Waals surface area contributed by atoms with Crippen molar-refractivity contribution < 1.29 is 19.5 Å². The minimum atomic E-state index is -0.988. The molecule has 2 aromatic rings. The number of thiazole rings is 1. The summed E-state index contributed by atoms with van der Waals surface area (Å²) in [6, 6.07) is 9.52. The van der Waals surface area contributed by atoms with Crippen molar-refractivity contribution >= 4 is 45.2 Å². The van der Waals surface area contributed by atoms with Gasteiger partial charge in [0.1, 0.15) is 8.79 Å². The van der Waals surface area contributed by atoms with Gasteiger partial charge in [-0.05, 0) is 15.9 Å². The number of rotatable bonds is 4. The van der Waals surface area contributed by atoms with Crippen LogP contribution in [0.3, 0.4) is 0 Å². The fourth-order valence-corrected chi connectivity index (χ4v) is 4.17. The summed E-state index contributed by atoms with van der Waals surface area (Å²) < 4.78 is 0.598. The zero-order valence-corrected chi connectivity index (χ0v) is 16.6. The first kappa shape index (κ1) is 19.3. The van der Waals surface area contributed by atoms with Gasteiger partial charge >= 0.3 is 6.09 Å². The molecule has 1 aromatic carbocycles. The molecule has 1 aromatic heterocycles. The van der Waals surface area contributed by atoms with Crippen molar-refractivity contribution in [2.24, 2.45) is 0 Å². The Hall–Kier alpha value is -2.46. The van der Waals surface area contributed by atoms with Gasteiger partial charge in [-0.1, -0.05) is 30.3 Å². The Morgan fingerprint density at radius 1 is 1.11 bits per heavy atom. The Kier molecular flexibility index (Phi) is 6.07. The maximum absolute atomic E-state index is 12.4. The van der Waals surface area contributed by atoms with Crippen LogP contribution in [-0.2, 0) is 4.79 Å². The Labute approximate surface area is 167 Å². The van der Waals surface area contributed by atoms with Gasteiger partial charge in [0, 0.05) is 31.7 Å². The SMILES string of the molecule is O=C(NCC(=O)N1CCN(C(=O)O)CC1)c1nc(-c2ccccc2)sc1Br. The second-order valence-electron chi connectivity index (χ2n) is 5.84. The lowest BCUT2D eigenvalue weighted by Gasteiger charge is -2.33. The molecule has 2 heterocycles. The Morgan fingerprint density at radius 2 is 1.74 bits per heavy atom. The van der Waals surface area contributed by atoms with Gasteiger partial charge in [0.15, 0.2) is 5.69 Å². The number of piperazine rings is 1. The first-order chi connectivity index (χ1) is 13.0. The van der Waals surface area contributed by atoms with E-state index in [0.717, 1.165) is 5.56 Å². The maximum Gasteiger partial charge on any atom is 0.407 e. The number of benzene rings is 1. The highest BCUT2D eigenvalue weighted by Crippen LogP contribution is 2.31. The molecule has 8 nitrogen and oxygen atoms in total. The third-order valence-corrected chi connectivity index (χ3v) is 5.88. The van der Waals surface area contributed by atoms with E-state index in [-0.39, 0.29) is 31.2 Å². The number of aromatic nitrogens is 1. The molecular weight excluding hydrogens is 436 g/mol. The fourth-order valence-electron chi connectivity index (χ4n) is 2.64. The highest BCUT2D eigenvalue weighted by Gasteiger charge is 2.24. The number of hydrogen-bond donors (Lipinski definition) is 2. The van der Waals surface area contributed by atoms with Gasteiger partial charge in [0.2, 0.25) is 5.91 Å². The zero-order valence-electron chi connectivity index (χ0n) is 14.2. The van der Waals surface area contributed by atoms with Crippen LogP contribution in [0.4, 0.5) is 4.79 Å². The highest BCUT2D eigenvalue weighted by atomic mass is 79.9. The molecule has 1 aliphatic rings. The number of carbonyl (C=O) groups is 3. The van der Waals surface area contributed by atoms with Gasteiger partial charge in [0.05, 0.1) is 6.54 Å². The van der Waals surface area contributed by atoms with E-state index >= 15 is 0 Å². The number of hydrogen-bond acceptors (Lipinski definition) is 5. The topological polar surface area (TPSA) is 103 Å². The number of nitrogens with one attached hydrogen (secondary N) is 1. The van der Waals surface area contributed by atoms with E-state index in [4.69, 9.17) is 5.11 Å². The molecule has 0 saturated carbocycles. The van der Waals surface area contributed by atoms with Gasteiger partial charge in [-0.15, -0.1) is 11.3 Å². The van der Waals surface area contributed by atoms with E-state index in [1.54, 1.807) is 4.90 Å². The molecule has 1 saturated heterocycles. The fraction of sp³-hybridized carbons (Fsp3) is 0.294. The number of carboxylic acid groups (broad SMARTS) is 1. The highest BCUT2D eigenvalue weighted by molar-refractivity contribution is 9.11. The van der Waals surface area contributed by atoms with Crippen molar-refractivity contribution in [2.75, 3.05) is 32.7 Å². The van der Waals surface area contributed by atoms with Crippen LogP contribution in [-0.4, -0.2) is 70.5 Å². The van der Waals surface area contributed by atoms with Gasteiger partial charge in [-0.3, -0.25) is 9.59 Å². The molecule has 0 atom stereocenters. The Morgan fingerprint density at radius 3 is 2.37 bits per heavy atom. The van der Waals surface area contributed by atoms with Crippen molar-refractivity contribution in [3.05, 3.63) is 39.8 Å². The van der Waals surface area contributed by atoms with E-state index in [0.29, 0.717) is 21.9 Å². The lowest BCUT2D eigenvalue weighted by molar-refractivity contribution is -0.131. The third-order valence-electron chi connectivity index (χ3n) is 4.12. The van der Waals surface area contributed by atoms with Crippen LogP contribution in [0, 0.1) is 0 Å². The van der Waals surface area contributed by atoms with E-state index in [1.807, 2.05) is 30.3 Å². The van der Waals surface area contributed by atoms with E-state index < -0.39 is 12.0 Å². The summed E-state index contributed by atoms with van der Waals surface area (Å²) in [5.41, 5.74) is 1.15. The molecule has 1 fully saturated rings. The Balaban J connectivity index is 1.56. The molecule has 142 valence electrons. The summed E-state index contributed by atoms with van der Waals surface area (Å²) >= 11 is 4.71. The smallest absolute Gasteiger partial charge is 0.407 e. The first-order valence-electron chi connectivity index (χ1n) is 8.21. The summed E-state index contributed by atoms with van der Waals surface area (Å²) in [5, 5.41) is 12.2.